The summed E-state index contributed by atoms with van der Waals surface area (Å²) in [6, 6.07) is 7.28. The van der Waals surface area contributed by atoms with Crippen LogP contribution in [0.15, 0.2) is 24.3 Å². The molecule has 2 rings (SSSR count). The van der Waals surface area contributed by atoms with Crippen LogP contribution in [-0.4, -0.2) is 13.4 Å². The van der Waals surface area contributed by atoms with Crippen LogP contribution in [0.2, 0.25) is 0 Å². The first-order valence-corrected chi connectivity index (χ1v) is 4.90. The molecule has 0 aromatic heterocycles. The topological polar surface area (TPSA) is 26.3 Å². The number of methoxy groups -OCH3 is 1. The zero-order valence-corrected chi connectivity index (χ0v) is 9.08. The van der Waals surface area contributed by atoms with E-state index in [0.717, 1.165) is 5.39 Å². The van der Waals surface area contributed by atoms with Crippen molar-refractivity contribution in [1.29, 1.82) is 0 Å². The first kappa shape index (κ1) is 10.6. The number of hydrogen-bond donors (Lipinski definition) is 0. The van der Waals surface area contributed by atoms with Crippen molar-refractivity contribution >= 4 is 17.1 Å². The molecule has 0 N–H and O–H groups in total. The van der Waals surface area contributed by atoms with Crippen molar-refractivity contribution in [2.24, 2.45) is 0 Å². The quantitative estimate of drug-likeness (QED) is 0.724. The molecule has 0 saturated heterocycles. The van der Waals surface area contributed by atoms with Crippen LogP contribution in [0.1, 0.15) is 15.9 Å². The van der Waals surface area contributed by atoms with Gasteiger partial charge < -0.3 is 4.74 Å². The number of aldehydes is 1. The molecule has 0 amide bonds. The Labute approximate surface area is 92.6 Å². The summed E-state index contributed by atoms with van der Waals surface area (Å²) in [4.78, 5) is 10.9. The van der Waals surface area contributed by atoms with Gasteiger partial charge in [0, 0.05) is 5.39 Å². The Morgan fingerprint density at radius 2 is 1.88 bits per heavy atom. The maximum Gasteiger partial charge on any atom is 0.176 e. The molecular formula is C13H11FO2. The summed E-state index contributed by atoms with van der Waals surface area (Å²) < 4.78 is 18.9. The highest BCUT2D eigenvalue weighted by Gasteiger charge is 2.16. The molecule has 0 saturated carbocycles. The number of fused-ring (bicyclic) bond motifs is 1. The summed E-state index contributed by atoms with van der Waals surface area (Å²) >= 11 is 0. The van der Waals surface area contributed by atoms with E-state index in [-0.39, 0.29) is 11.3 Å². The monoisotopic (exact) mass is 218 g/mol. The fourth-order valence-electron chi connectivity index (χ4n) is 1.90. The molecule has 0 atom stereocenters. The van der Waals surface area contributed by atoms with Gasteiger partial charge in [0.25, 0.3) is 0 Å². The summed E-state index contributed by atoms with van der Waals surface area (Å²) in [6.45, 7) is 1.73. The number of carbonyl (C=O) groups is 1. The minimum Gasteiger partial charge on any atom is -0.493 e. The zero-order chi connectivity index (χ0) is 11.7. The first-order valence-electron chi connectivity index (χ1n) is 4.90. The van der Waals surface area contributed by atoms with E-state index in [1.807, 2.05) is 18.2 Å². The molecule has 0 aliphatic carbocycles. The minimum absolute atomic E-state index is 0.0653. The number of rotatable bonds is 2. The zero-order valence-electron chi connectivity index (χ0n) is 9.08. The second-order valence-corrected chi connectivity index (χ2v) is 3.55. The molecule has 0 fully saturated rings. The van der Waals surface area contributed by atoms with E-state index in [2.05, 4.69) is 0 Å². The Morgan fingerprint density at radius 1 is 1.25 bits per heavy atom. The van der Waals surface area contributed by atoms with Gasteiger partial charge >= 0.3 is 0 Å². The van der Waals surface area contributed by atoms with Gasteiger partial charge in [-0.15, -0.1) is 0 Å². The van der Waals surface area contributed by atoms with Crippen LogP contribution >= 0.6 is 0 Å². The SMILES string of the molecule is COc1c(F)c(C=O)c(C)c2ccccc12. The maximum atomic E-state index is 13.9. The summed E-state index contributed by atoms with van der Waals surface area (Å²) in [7, 11) is 1.40. The average Bonchev–Trinajstić information content (AvgIpc) is 2.30. The standard InChI is InChI=1S/C13H11FO2/c1-8-9-5-3-4-6-10(9)13(16-2)12(14)11(8)7-15/h3-7H,1-2H3. The lowest BCUT2D eigenvalue weighted by Gasteiger charge is -2.11. The highest BCUT2D eigenvalue weighted by atomic mass is 19.1. The molecule has 0 unspecified atom stereocenters. The number of benzene rings is 2. The lowest BCUT2D eigenvalue weighted by molar-refractivity contribution is 0.111. The van der Waals surface area contributed by atoms with Crippen molar-refractivity contribution in [3.8, 4) is 5.75 Å². The van der Waals surface area contributed by atoms with Gasteiger partial charge in [-0.3, -0.25) is 4.79 Å². The number of halogens is 1. The van der Waals surface area contributed by atoms with Crippen LogP contribution in [0.5, 0.6) is 5.75 Å². The van der Waals surface area contributed by atoms with E-state index in [1.54, 1.807) is 13.0 Å². The van der Waals surface area contributed by atoms with Crippen molar-refractivity contribution in [1.82, 2.24) is 0 Å². The van der Waals surface area contributed by atoms with Gasteiger partial charge in [-0.25, -0.2) is 4.39 Å². The predicted octanol–water partition coefficient (Wildman–Crippen LogP) is 3.11. The Bertz CT molecular complexity index is 561. The Morgan fingerprint density at radius 3 is 2.44 bits per heavy atom. The van der Waals surface area contributed by atoms with Gasteiger partial charge in [0.05, 0.1) is 12.7 Å². The van der Waals surface area contributed by atoms with Gasteiger partial charge in [0.2, 0.25) is 0 Å². The number of aryl methyl sites for hydroxylation is 1. The van der Waals surface area contributed by atoms with E-state index in [9.17, 15) is 9.18 Å². The van der Waals surface area contributed by atoms with Gasteiger partial charge in [0.1, 0.15) is 0 Å². The highest BCUT2D eigenvalue weighted by molar-refractivity contribution is 5.97. The van der Waals surface area contributed by atoms with E-state index < -0.39 is 5.82 Å². The average molecular weight is 218 g/mol. The predicted molar refractivity (Wildman–Crippen MR) is 60.6 cm³/mol. The van der Waals surface area contributed by atoms with Crippen molar-refractivity contribution < 1.29 is 13.9 Å². The minimum atomic E-state index is -0.589. The molecule has 0 aliphatic rings. The third-order valence-electron chi connectivity index (χ3n) is 2.74. The normalized spacial score (nSPS) is 10.4. The third kappa shape index (κ3) is 1.36. The van der Waals surface area contributed by atoms with Crippen molar-refractivity contribution in [2.45, 2.75) is 6.92 Å². The number of ether oxygens (including phenoxy) is 1. The second-order valence-electron chi connectivity index (χ2n) is 3.55. The Balaban J connectivity index is 2.99. The van der Waals surface area contributed by atoms with E-state index >= 15 is 0 Å². The molecule has 0 bridgehead atoms. The van der Waals surface area contributed by atoms with Crippen LogP contribution in [0.25, 0.3) is 10.8 Å². The molecule has 0 radical (unpaired) electrons. The lowest BCUT2D eigenvalue weighted by Crippen LogP contribution is -1.99. The largest absolute Gasteiger partial charge is 0.493 e. The van der Waals surface area contributed by atoms with E-state index in [4.69, 9.17) is 4.74 Å². The smallest absolute Gasteiger partial charge is 0.176 e. The molecule has 2 aromatic carbocycles. The summed E-state index contributed by atoms with van der Waals surface area (Å²) in [5, 5.41) is 1.52. The van der Waals surface area contributed by atoms with Crippen LogP contribution in [-0.2, 0) is 0 Å². The lowest BCUT2D eigenvalue weighted by atomic mass is 9.99. The van der Waals surface area contributed by atoms with Crippen molar-refractivity contribution in [3.63, 3.8) is 0 Å². The van der Waals surface area contributed by atoms with Crippen molar-refractivity contribution in [2.75, 3.05) is 7.11 Å². The Kier molecular flexibility index (Phi) is 2.60. The van der Waals surface area contributed by atoms with Crippen LogP contribution in [0.3, 0.4) is 0 Å². The third-order valence-corrected chi connectivity index (χ3v) is 2.74. The number of carbonyl (C=O) groups excluding carboxylic acids is 1. The second kappa shape index (κ2) is 3.93. The van der Waals surface area contributed by atoms with Gasteiger partial charge in [-0.05, 0) is 17.9 Å². The van der Waals surface area contributed by atoms with Crippen molar-refractivity contribution in [3.05, 3.63) is 41.2 Å². The molecule has 3 heteroatoms. The van der Waals surface area contributed by atoms with Gasteiger partial charge in [-0.1, -0.05) is 24.3 Å². The highest BCUT2D eigenvalue weighted by Crippen LogP contribution is 2.33. The molecule has 2 aromatic rings. The van der Waals surface area contributed by atoms with Crippen LogP contribution in [0.4, 0.5) is 4.39 Å². The molecular weight excluding hydrogens is 207 g/mol. The fourth-order valence-corrected chi connectivity index (χ4v) is 1.90. The van der Waals surface area contributed by atoms with E-state index in [1.165, 1.54) is 7.11 Å². The summed E-state index contributed by atoms with van der Waals surface area (Å²) in [5.74, 6) is -0.461. The summed E-state index contributed by atoms with van der Waals surface area (Å²) in [5.41, 5.74) is 0.708. The van der Waals surface area contributed by atoms with Crippen LogP contribution < -0.4 is 4.74 Å². The molecule has 0 spiro atoms. The summed E-state index contributed by atoms with van der Waals surface area (Å²) in [6.07, 6.45) is 0.527. The Hall–Kier alpha value is -1.90. The maximum absolute atomic E-state index is 13.9. The van der Waals surface area contributed by atoms with Crippen LogP contribution in [0, 0.1) is 12.7 Å². The van der Waals surface area contributed by atoms with E-state index in [0.29, 0.717) is 17.2 Å². The van der Waals surface area contributed by atoms with Gasteiger partial charge in [-0.2, -0.15) is 0 Å². The fraction of sp³-hybridized carbons (Fsp3) is 0.154. The number of hydrogen-bond acceptors (Lipinski definition) is 2. The molecule has 2 nitrogen and oxygen atoms in total. The molecule has 82 valence electrons. The van der Waals surface area contributed by atoms with Gasteiger partial charge in [0.15, 0.2) is 17.9 Å². The first-order chi connectivity index (χ1) is 7.70. The molecule has 16 heavy (non-hydrogen) atoms. The molecule has 0 heterocycles. The molecule has 0 aliphatic heterocycles.